The van der Waals surface area contributed by atoms with Gasteiger partial charge in [-0.15, -0.1) is 0 Å². The summed E-state index contributed by atoms with van der Waals surface area (Å²) in [5, 5.41) is 3.43. The van der Waals surface area contributed by atoms with E-state index in [-0.39, 0.29) is 11.6 Å². The van der Waals surface area contributed by atoms with Gasteiger partial charge < -0.3 is 9.88 Å². The topological polar surface area (TPSA) is 34.0 Å². The number of nitrogens with zero attached hydrogens (tertiary/aromatic N) is 1. The predicted octanol–water partition coefficient (Wildman–Crippen LogP) is 2.96. The van der Waals surface area contributed by atoms with E-state index in [4.69, 9.17) is 0 Å². The van der Waals surface area contributed by atoms with Crippen LogP contribution in [0.4, 0.5) is 0 Å². The molecule has 0 unspecified atom stereocenters. The molecule has 0 aliphatic heterocycles. The number of pyridine rings is 1. The molecule has 3 nitrogen and oxygen atoms in total. The molecule has 2 rings (SSSR count). The van der Waals surface area contributed by atoms with Gasteiger partial charge in [-0.1, -0.05) is 40.2 Å². The molecule has 0 saturated heterocycles. The Labute approximate surface area is 121 Å². The molecule has 100 valence electrons. The van der Waals surface area contributed by atoms with Crippen molar-refractivity contribution in [1.29, 1.82) is 0 Å². The van der Waals surface area contributed by atoms with Gasteiger partial charge in [0.25, 0.3) is 5.56 Å². The van der Waals surface area contributed by atoms with Gasteiger partial charge in [-0.25, -0.2) is 0 Å². The van der Waals surface area contributed by atoms with Crippen molar-refractivity contribution in [2.45, 2.75) is 19.5 Å². The Balaban J connectivity index is 1.92. The Kier molecular flexibility index (Phi) is 4.93. The maximum atomic E-state index is 11.5. The lowest BCUT2D eigenvalue weighted by Crippen LogP contribution is -2.27. The number of nitrogens with one attached hydrogen (secondary N) is 1. The van der Waals surface area contributed by atoms with E-state index >= 15 is 0 Å². The quantitative estimate of drug-likeness (QED) is 0.919. The van der Waals surface area contributed by atoms with Crippen LogP contribution in [-0.4, -0.2) is 11.1 Å². The summed E-state index contributed by atoms with van der Waals surface area (Å²) >= 11 is 3.55. The first kappa shape index (κ1) is 14.0. The largest absolute Gasteiger partial charge is 0.314 e. The van der Waals surface area contributed by atoms with E-state index in [0.29, 0.717) is 6.54 Å². The second-order valence-electron chi connectivity index (χ2n) is 4.43. The van der Waals surface area contributed by atoms with Crippen LogP contribution in [0.5, 0.6) is 0 Å². The number of rotatable bonds is 5. The molecule has 1 aromatic carbocycles. The molecule has 0 amide bonds. The van der Waals surface area contributed by atoms with E-state index in [0.717, 1.165) is 11.0 Å². The van der Waals surface area contributed by atoms with Crippen LogP contribution in [-0.2, 0) is 6.54 Å². The van der Waals surface area contributed by atoms with Crippen molar-refractivity contribution in [3.8, 4) is 0 Å². The van der Waals surface area contributed by atoms with Gasteiger partial charge in [0.05, 0.1) is 0 Å². The van der Waals surface area contributed by atoms with Gasteiger partial charge >= 0.3 is 0 Å². The third kappa shape index (κ3) is 3.78. The van der Waals surface area contributed by atoms with Crippen LogP contribution in [0.3, 0.4) is 0 Å². The molecule has 0 radical (unpaired) electrons. The zero-order valence-electron chi connectivity index (χ0n) is 10.8. The molecule has 0 bridgehead atoms. The Bertz CT molecular complexity index is 594. The minimum absolute atomic E-state index is 0.0397. The second-order valence-corrected chi connectivity index (χ2v) is 5.28. The Morgan fingerprint density at radius 1 is 1.21 bits per heavy atom. The van der Waals surface area contributed by atoms with Crippen LogP contribution in [0, 0.1) is 0 Å². The summed E-state index contributed by atoms with van der Waals surface area (Å²) in [6.45, 7) is 3.55. The zero-order chi connectivity index (χ0) is 13.7. The summed E-state index contributed by atoms with van der Waals surface area (Å²) in [6.07, 6.45) is 1.81. The molecular formula is C15H17BrN2O. The van der Waals surface area contributed by atoms with Crippen molar-refractivity contribution in [3.63, 3.8) is 0 Å². The number of benzene rings is 1. The summed E-state index contributed by atoms with van der Waals surface area (Å²) < 4.78 is 2.81. The van der Waals surface area contributed by atoms with Crippen LogP contribution in [0.1, 0.15) is 18.5 Å². The third-order valence-corrected chi connectivity index (χ3v) is 3.80. The molecule has 1 N–H and O–H groups in total. The van der Waals surface area contributed by atoms with Crippen LogP contribution >= 0.6 is 15.9 Å². The van der Waals surface area contributed by atoms with Crippen molar-refractivity contribution in [2.75, 3.05) is 6.54 Å². The molecule has 0 spiro atoms. The second kappa shape index (κ2) is 6.68. The van der Waals surface area contributed by atoms with E-state index < -0.39 is 0 Å². The van der Waals surface area contributed by atoms with Crippen LogP contribution in [0.25, 0.3) is 0 Å². The highest BCUT2D eigenvalue weighted by molar-refractivity contribution is 9.10. The molecule has 1 heterocycles. The van der Waals surface area contributed by atoms with Crippen LogP contribution in [0.2, 0.25) is 0 Å². The smallest absolute Gasteiger partial charge is 0.250 e. The molecule has 1 atom stereocenters. The van der Waals surface area contributed by atoms with Crippen molar-refractivity contribution in [3.05, 3.63) is 69.1 Å². The van der Waals surface area contributed by atoms with Crippen LogP contribution < -0.4 is 10.9 Å². The lowest BCUT2D eigenvalue weighted by Gasteiger charge is -2.16. The summed E-state index contributed by atoms with van der Waals surface area (Å²) in [4.78, 5) is 11.5. The van der Waals surface area contributed by atoms with Gasteiger partial charge in [-0.2, -0.15) is 0 Å². The fourth-order valence-electron chi connectivity index (χ4n) is 1.98. The Morgan fingerprint density at radius 3 is 2.68 bits per heavy atom. The summed E-state index contributed by atoms with van der Waals surface area (Å²) in [6, 6.07) is 13.6. The van der Waals surface area contributed by atoms with Gasteiger partial charge in [-0.3, -0.25) is 4.79 Å². The summed E-state index contributed by atoms with van der Waals surface area (Å²) in [5.41, 5.74) is 1.26. The highest BCUT2D eigenvalue weighted by atomic mass is 79.9. The van der Waals surface area contributed by atoms with E-state index in [1.807, 2.05) is 30.5 Å². The Hall–Kier alpha value is -1.39. The van der Waals surface area contributed by atoms with E-state index in [9.17, 15) is 4.79 Å². The molecule has 4 heteroatoms. The molecule has 0 aliphatic rings. The fraction of sp³-hybridized carbons (Fsp3) is 0.267. The summed E-state index contributed by atoms with van der Waals surface area (Å²) in [5.74, 6) is 0. The Morgan fingerprint density at radius 2 is 1.95 bits per heavy atom. The highest BCUT2D eigenvalue weighted by Crippen LogP contribution is 2.22. The number of hydrogen-bond donors (Lipinski definition) is 1. The van der Waals surface area contributed by atoms with Gasteiger partial charge in [0.2, 0.25) is 0 Å². The molecule has 0 fully saturated rings. The minimum Gasteiger partial charge on any atom is -0.314 e. The van der Waals surface area contributed by atoms with Crippen molar-refractivity contribution in [2.24, 2.45) is 0 Å². The molecule has 0 saturated carbocycles. The maximum absolute atomic E-state index is 11.5. The van der Waals surface area contributed by atoms with Gasteiger partial charge in [-0.05, 0) is 24.6 Å². The number of halogens is 1. The average molecular weight is 321 g/mol. The standard InChI is InChI=1S/C15H17BrN2O/c1-12(13-6-2-3-7-14(13)16)17-9-11-18-10-5-4-8-15(18)19/h2-8,10,12,17H,9,11H2,1H3/t12-/m1/s1. The van der Waals surface area contributed by atoms with Crippen LogP contribution in [0.15, 0.2) is 57.9 Å². The lowest BCUT2D eigenvalue weighted by atomic mass is 10.1. The van der Waals surface area contributed by atoms with Crippen molar-refractivity contribution < 1.29 is 0 Å². The zero-order valence-corrected chi connectivity index (χ0v) is 12.4. The van der Waals surface area contributed by atoms with Crippen molar-refractivity contribution >= 4 is 15.9 Å². The van der Waals surface area contributed by atoms with E-state index in [2.05, 4.69) is 34.2 Å². The first-order valence-electron chi connectivity index (χ1n) is 6.32. The molecule has 0 aliphatic carbocycles. The number of hydrogen-bond acceptors (Lipinski definition) is 2. The summed E-state index contributed by atoms with van der Waals surface area (Å²) in [7, 11) is 0. The maximum Gasteiger partial charge on any atom is 0.250 e. The monoisotopic (exact) mass is 320 g/mol. The van der Waals surface area contributed by atoms with E-state index in [1.165, 1.54) is 5.56 Å². The molecule has 2 aromatic rings. The molecular weight excluding hydrogens is 304 g/mol. The van der Waals surface area contributed by atoms with Gasteiger partial charge in [0.1, 0.15) is 0 Å². The van der Waals surface area contributed by atoms with Gasteiger partial charge in [0, 0.05) is 35.9 Å². The average Bonchev–Trinajstić information content (AvgIpc) is 2.41. The first-order valence-corrected chi connectivity index (χ1v) is 7.11. The fourth-order valence-corrected chi connectivity index (χ4v) is 2.61. The predicted molar refractivity (Wildman–Crippen MR) is 81.3 cm³/mol. The van der Waals surface area contributed by atoms with E-state index in [1.54, 1.807) is 16.7 Å². The lowest BCUT2D eigenvalue weighted by molar-refractivity contribution is 0.523. The normalized spacial score (nSPS) is 12.3. The van der Waals surface area contributed by atoms with Gasteiger partial charge in [0.15, 0.2) is 0 Å². The highest BCUT2D eigenvalue weighted by Gasteiger charge is 2.07. The first-order chi connectivity index (χ1) is 9.18. The minimum atomic E-state index is 0.0397. The SMILES string of the molecule is C[C@@H](NCCn1ccccc1=O)c1ccccc1Br. The molecule has 1 aromatic heterocycles. The van der Waals surface area contributed by atoms with Crippen molar-refractivity contribution in [1.82, 2.24) is 9.88 Å². The molecule has 19 heavy (non-hydrogen) atoms. The third-order valence-electron chi connectivity index (χ3n) is 3.07. The number of aromatic nitrogens is 1.